The molecule has 0 radical (unpaired) electrons. The Balaban J connectivity index is 0.00000312. The van der Waals surface area contributed by atoms with E-state index < -0.39 is 5.41 Å². The molecule has 25 heavy (non-hydrogen) atoms. The van der Waals surface area contributed by atoms with Crippen molar-refractivity contribution < 1.29 is 14.3 Å². The van der Waals surface area contributed by atoms with Crippen LogP contribution in [0.3, 0.4) is 0 Å². The number of hydrogen-bond acceptors (Lipinski definition) is 4. The summed E-state index contributed by atoms with van der Waals surface area (Å²) in [6, 6.07) is 5.39. The standard InChI is InChI=1S/C17H24ClN3O3.ClH/c1-12-3-4-14(13(18)9-12)21-15(22)10-20-16(23)17(11-24-2)5-7-19-8-6-17;/h3-4,9,19H,5-8,10-11H2,1-2H3,(H,20,23)(H,21,22);1H. The molecule has 1 aliphatic rings. The molecule has 1 aromatic carbocycles. The van der Waals surface area contributed by atoms with E-state index in [2.05, 4.69) is 16.0 Å². The summed E-state index contributed by atoms with van der Waals surface area (Å²) in [6.45, 7) is 3.71. The third-order valence-electron chi connectivity index (χ3n) is 4.27. The van der Waals surface area contributed by atoms with Crippen molar-refractivity contribution in [3.8, 4) is 0 Å². The minimum Gasteiger partial charge on any atom is -0.384 e. The summed E-state index contributed by atoms with van der Waals surface area (Å²) in [5, 5.41) is 9.15. The van der Waals surface area contributed by atoms with Gasteiger partial charge >= 0.3 is 0 Å². The van der Waals surface area contributed by atoms with E-state index in [1.807, 2.05) is 13.0 Å². The number of methoxy groups -OCH3 is 1. The van der Waals surface area contributed by atoms with E-state index in [0.717, 1.165) is 18.7 Å². The molecule has 0 atom stereocenters. The molecule has 1 fully saturated rings. The highest BCUT2D eigenvalue weighted by Gasteiger charge is 2.39. The fourth-order valence-corrected chi connectivity index (χ4v) is 3.16. The van der Waals surface area contributed by atoms with Gasteiger partial charge in [0.15, 0.2) is 0 Å². The van der Waals surface area contributed by atoms with E-state index in [4.69, 9.17) is 16.3 Å². The van der Waals surface area contributed by atoms with Crippen LogP contribution < -0.4 is 16.0 Å². The molecule has 0 saturated carbocycles. The Morgan fingerprint density at radius 2 is 2.00 bits per heavy atom. The van der Waals surface area contributed by atoms with Crippen LogP contribution in [0, 0.1) is 12.3 Å². The number of halogens is 2. The number of aryl methyl sites for hydroxylation is 1. The van der Waals surface area contributed by atoms with Crippen LogP contribution >= 0.6 is 24.0 Å². The molecule has 1 saturated heterocycles. The van der Waals surface area contributed by atoms with Crippen molar-refractivity contribution in [2.45, 2.75) is 19.8 Å². The third-order valence-corrected chi connectivity index (χ3v) is 4.58. The van der Waals surface area contributed by atoms with Gasteiger partial charge < -0.3 is 20.7 Å². The first-order valence-electron chi connectivity index (χ1n) is 8.01. The molecule has 0 aromatic heterocycles. The maximum atomic E-state index is 12.6. The predicted molar refractivity (Wildman–Crippen MR) is 101 cm³/mol. The maximum Gasteiger partial charge on any atom is 0.243 e. The molecule has 1 aliphatic heterocycles. The lowest BCUT2D eigenvalue weighted by atomic mass is 9.78. The molecule has 1 heterocycles. The van der Waals surface area contributed by atoms with Crippen LogP contribution in [0.4, 0.5) is 5.69 Å². The average Bonchev–Trinajstić information content (AvgIpc) is 2.56. The number of benzene rings is 1. The SMILES string of the molecule is COCC1(C(=O)NCC(=O)Nc2ccc(C)cc2Cl)CCNCC1.Cl. The summed E-state index contributed by atoms with van der Waals surface area (Å²) in [5.74, 6) is -0.452. The number of nitrogens with one attached hydrogen (secondary N) is 3. The van der Waals surface area contributed by atoms with E-state index in [9.17, 15) is 9.59 Å². The van der Waals surface area contributed by atoms with Crippen molar-refractivity contribution in [3.63, 3.8) is 0 Å². The van der Waals surface area contributed by atoms with E-state index in [0.29, 0.717) is 30.2 Å². The Labute approximate surface area is 159 Å². The number of ether oxygens (including phenoxy) is 1. The van der Waals surface area contributed by atoms with Gasteiger partial charge in [-0.2, -0.15) is 0 Å². The highest BCUT2D eigenvalue weighted by atomic mass is 35.5. The lowest BCUT2D eigenvalue weighted by molar-refractivity contribution is -0.137. The van der Waals surface area contributed by atoms with Gasteiger partial charge in [0.05, 0.1) is 29.3 Å². The van der Waals surface area contributed by atoms with Gasteiger partial charge in [0.1, 0.15) is 0 Å². The van der Waals surface area contributed by atoms with Crippen molar-refractivity contribution >= 4 is 41.5 Å². The highest BCUT2D eigenvalue weighted by Crippen LogP contribution is 2.29. The molecule has 2 amide bonds. The number of carbonyl (C=O) groups excluding carboxylic acids is 2. The van der Waals surface area contributed by atoms with Crippen LogP contribution in [0.2, 0.25) is 5.02 Å². The second-order valence-corrected chi connectivity index (χ2v) is 6.58. The van der Waals surface area contributed by atoms with Crippen molar-refractivity contribution in [2.75, 3.05) is 38.7 Å². The van der Waals surface area contributed by atoms with Crippen molar-refractivity contribution in [2.24, 2.45) is 5.41 Å². The fourth-order valence-electron chi connectivity index (χ4n) is 2.88. The number of hydrogen-bond donors (Lipinski definition) is 3. The summed E-state index contributed by atoms with van der Waals surface area (Å²) in [7, 11) is 1.59. The Kier molecular flexibility index (Phi) is 8.65. The first kappa shape index (κ1) is 21.7. The van der Waals surface area contributed by atoms with Crippen molar-refractivity contribution in [3.05, 3.63) is 28.8 Å². The van der Waals surface area contributed by atoms with E-state index >= 15 is 0 Å². The second kappa shape index (κ2) is 9.97. The van der Waals surface area contributed by atoms with E-state index in [1.54, 1.807) is 19.2 Å². The van der Waals surface area contributed by atoms with Gasteiger partial charge in [-0.25, -0.2) is 0 Å². The van der Waals surface area contributed by atoms with E-state index in [-0.39, 0.29) is 30.8 Å². The van der Waals surface area contributed by atoms with Crippen LogP contribution in [-0.2, 0) is 14.3 Å². The Morgan fingerprint density at radius 1 is 1.32 bits per heavy atom. The Morgan fingerprint density at radius 3 is 2.60 bits per heavy atom. The summed E-state index contributed by atoms with van der Waals surface area (Å²) in [5.41, 5.74) is 0.982. The van der Waals surface area contributed by atoms with Gasteiger partial charge in [-0.05, 0) is 50.6 Å². The summed E-state index contributed by atoms with van der Waals surface area (Å²) in [4.78, 5) is 24.6. The predicted octanol–water partition coefficient (Wildman–Crippen LogP) is 2.14. The molecular weight excluding hydrogens is 365 g/mol. The van der Waals surface area contributed by atoms with Crippen LogP contribution in [-0.4, -0.2) is 45.2 Å². The van der Waals surface area contributed by atoms with Gasteiger partial charge in [0.2, 0.25) is 11.8 Å². The molecule has 0 spiro atoms. The number of amides is 2. The van der Waals surface area contributed by atoms with Gasteiger partial charge in [-0.1, -0.05) is 17.7 Å². The second-order valence-electron chi connectivity index (χ2n) is 6.18. The van der Waals surface area contributed by atoms with Crippen molar-refractivity contribution in [1.82, 2.24) is 10.6 Å². The van der Waals surface area contributed by atoms with Crippen molar-refractivity contribution in [1.29, 1.82) is 0 Å². The van der Waals surface area contributed by atoms with Gasteiger partial charge in [0.25, 0.3) is 0 Å². The molecule has 8 heteroatoms. The zero-order valence-corrected chi connectivity index (χ0v) is 16.1. The Hall–Kier alpha value is -1.34. The molecule has 3 N–H and O–H groups in total. The number of piperidine rings is 1. The lowest BCUT2D eigenvalue weighted by Crippen LogP contribution is -2.51. The zero-order valence-electron chi connectivity index (χ0n) is 14.5. The minimum absolute atomic E-state index is 0. The minimum atomic E-state index is -0.568. The van der Waals surface area contributed by atoms with Gasteiger partial charge in [0, 0.05) is 7.11 Å². The average molecular weight is 390 g/mol. The van der Waals surface area contributed by atoms with Gasteiger partial charge in [-0.3, -0.25) is 9.59 Å². The first-order chi connectivity index (χ1) is 11.5. The maximum absolute atomic E-state index is 12.6. The molecule has 0 aliphatic carbocycles. The monoisotopic (exact) mass is 389 g/mol. The molecule has 2 rings (SSSR count). The van der Waals surface area contributed by atoms with Crippen LogP contribution in [0.5, 0.6) is 0 Å². The first-order valence-corrected chi connectivity index (χ1v) is 8.39. The number of anilines is 1. The molecule has 140 valence electrons. The number of carbonyl (C=O) groups is 2. The largest absolute Gasteiger partial charge is 0.384 e. The van der Waals surface area contributed by atoms with Crippen LogP contribution in [0.1, 0.15) is 18.4 Å². The molecule has 6 nitrogen and oxygen atoms in total. The highest BCUT2D eigenvalue weighted by molar-refractivity contribution is 6.33. The fraction of sp³-hybridized carbons (Fsp3) is 0.529. The van der Waals surface area contributed by atoms with Crippen LogP contribution in [0.15, 0.2) is 18.2 Å². The molecule has 1 aromatic rings. The zero-order chi connectivity index (χ0) is 17.6. The summed E-state index contributed by atoms with van der Waals surface area (Å²) >= 11 is 6.10. The summed E-state index contributed by atoms with van der Waals surface area (Å²) < 4.78 is 5.23. The van der Waals surface area contributed by atoms with Gasteiger partial charge in [-0.15, -0.1) is 12.4 Å². The third kappa shape index (κ3) is 5.85. The lowest BCUT2D eigenvalue weighted by Gasteiger charge is -2.35. The normalized spacial score (nSPS) is 15.8. The molecular formula is C17H25Cl2N3O3. The number of rotatable bonds is 6. The van der Waals surface area contributed by atoms with E-state index in [1.165, 1.54) is 0 Å². The topological polar surface area (TPSA) is 79.5 Å². The smallest absolute Gasteiger partial charge is 0.243 e. The summed E-state index contributed by atoms with van der Waals surface area (Å²) in [6.07, 6.45) is 1.39. The van der Waals surface area contributed by atoms with Crippen LogP contribution in [0.25, 0.3) is 0 Å². The molecule has 0 unspecified atom stereocenters. The quantitative estimate of drug-likeness (QED) is 0.696. The molecule has 0 bridgehead atoms. The Bertz CT molecular complexity index is 599.